The molecule has 0 bridgehead atoms. The van der Waals surface area contributed by atoms with E-state index in [2.05, 4.69) is 21.8 Å². The molecular weight excluding hydrogens is 567 g/mol. The maximum Gasteiger partial charge on any atom is 0.267 e. The van der Waals surface area contributed by atoms with Crippen LogP contribution in [0.1, 0.15) is 48.5 Å². The molecule has 0 saturated carbocycles. The number of amides is 1. The Kier molecular flexibility index (Phi) is 8.91. The van der Waals surface area contributed by atoms with Crippen LogP contribution in [0, 0.1) is 16.5 Å². The molecule has 1 aliphatic rings. The first-order valence-electron chi connectivity index (χ1n) is 14.2. The number of ether oxygens (including phenoxy) is 1. The second kappa shape index (κ2) is 12.8. The number of piperidine rings is 1. The van der Waals surface area contributed by atoms with Crippen LogP contribution in [0.2, 0.25) is 0 Å². The Morgan fingerprint density at radius 3 is 2.65 bits per heavy atom. The van der Waals surface area contributed by atoms with Crippen molar-refractivity contribution in [1.29, 1.82) is 4.78 Å². The molecule has 3 heterocycles. The predicted molar refractivity (Wildman–Crippen MR) is 166 cm³/mol. The number of nitrogens with one attached hydrogen (secondary N) is 2. The second-order valence-corrected chi connectivity index (χ2v) is 12.8. The van der Waals surface area contributed by atoms with E-state index < -0.39 is 21.6 Å². The van der Waals surface area contributed by atoms with Crippen LogP contribution >= 0.6 is 0 Å². The molecule has 1 saturated heterocycles. The summed E-state index contributed by atoms with van der Waals surface area (Å²) in [7, 11) is -3.82. The van der Waals surface area contributed by atoms with E-state index in [1.54, 1.807) is 18.2 Å². The van der Waals surface area contributed by atoms with Crippen LogP contribution in [0.4, 0.5) is 16.0 Å². The van der Waals surface area contributed by atoms with Gasteiger partial charge >= 0.3 is 0 Å². The van der Waals surface area contributed by atoms with Gasteiger partial charge in [-0.15, -0.1) is 0 Å². The molecule has 4 N–H and O–H groups in total. The maximum atomic E-state index is 14.7. The normalized spacial score (nSPS) is 16.5. The lowest BCUT2D eigenvalue weighted by atomic mass is 9.90. The zero-order valence-electron chi connectivity index (χ0n) is 24.1. The number of nitrogens with two attached hydrogens (primary N) is 1. The fourth-order valence-corrected chi connectivity index (χ4v) is 6.06. The fourth-order valence-electron chi connectivity index (χ4n) is 5.08. The van der Waals surface area contributed by atoms with Crippen molar-refractivity contribution in [3.05, 3.63) is 95.8 Å². The number of anilines is 2. The van der Waals surface area contributed by atoms with Crippen LogP contribution in [0.3, 0.4) is 0 Å². The van der Waals surface area contributed by atoms with Crippen molar-refractivity contribution in [2.24, 2.45) is 5.92 Å². The number of carbonyl (C=O) groups excluding carboxylic acids is 1. The molecule has 0 spiro atoms. The van der Waals surface area contributed by atoms with Crippen LogP contribution in [0.5, 0.6) is 5.75 Å². The fraction of sp³-hybridized carbons (Fsp3) is 0.281. The Bertz CT molecular complexity index is 1720. The Balaban J connectivity index is 1.53. The number of rotatable bonds is 9. The Morgan fingerprint density at radius 2 is 1.91 bits per heavy atom. The molecule has 1 unspecified atom stereocenters. The lowest BCUT2D eigenvalue weighted by Gasteiger charge is -2.35. The highest BCUT2D eigenvalue weighted by Gasteiger charge is 2.28. The van der Waals surface area contributed by atoms with Crippen LogP contribution in [-0.4, -0.2) is 39.8 Å². The van der Waals surface area contributed by atoms with Gasteiger partial charge in [0.1, 0.15) is 23.2 Å². The molecule has 5 rings (SSSR count). The summed E-state index contributed by atoms with van der Waals surface area (Å²) in [5, 5.41) is -0.150. The van der Waals surface area contributed by atoms with Gasteiger partial charge in [-0.1, -0.05) is 50.2 Å². The van der Waals surface area contributed by atoms with Gasteiger partial charge in [-0.2, -0.15) is 0 Å². The molecule has 9 nitrogen and oxygen atoms in total. The minimum atomic E-state index is -3.82. The molecule has 224 valence electrons. The van der Waals surface area contributed by atoms with E-state index in [0.29, 0.717) is 42.5 Å². The molecular formula is C32H35FN6O3S. The van der Waals surface area contributed by atoms with Gasteiger partial charge < -0.3 is 15.4 Å². The Labute approximate surface area is 251 Å². The van der Waals surface area contributed by atoms with Crippen LogP contribution < -0.4 is 20.1 Å². The number of nitrogen functional groups attached to an aromatic ring is 1. The molecule has 1 aliphatic heterocycles. The number of aromatic nitrogens is 2. The Morgan fingerprint density at radius 1 is 1.12 bits per heavy atom. The average Bonchev–Trinajstić information content (AvgIpc) is 3.00. The molecule has 2 atom stereocenters. The van der Waals surface area contributed by atoms with Crippen molar-refractivity contribution in [3.63, 3.8) is 0 Å². The van der Waals surface area contributed by atoms with E-state index in [4.69, 9.17) is 20.2 Å². The number of hydrogen-bond donors (Lipinski definition) is 3. The number of pyridine rings is 2. The topological polar surface area (TPSA) is 134 Å². The monoisotopic (exact) mass is 602 g/mol. The highest BCUT2D eigenvalue weighted by molar-refractivity contribution is 7.91. The van der Waals surface area contributed by atoms with Crippen molar-refractivity contribution in [3.8, 4) is 17.0 Å². The quantitative estimate of drug-likeness (QED) is 0.213. The largest absolute Gasteiger partial charge is 0.493 e. The molecule has 4 aromatic rings. The lowest BCUT2D eigenvalue weighted by molar-refractivity contribution is 0.0982. The van der Waals surface area contributed by atoms with Gasteiger partial charge in [-0.05, 0) is 60.7 Å². The minimum Gasteiger partial charge on any atom is -0.493 e. The number of halogens is 1. The van der Waals surface area contributed by atoms with Gasteiger partial charge in [0, 0.05) is 30.6 Å². The smallest absolute Gasteiger partial charge is 0.267 e. The van der Waals surface area contributed by atoms with Crippen molar-refractivity contribution in [1.82, 2.24) is 14.7 Å². The highest BCUT2D eigenvalue weighted by Crippen LogP contribution is 2.33. The molecule has 1 amide bonds. The maximum absolute atomic E-state index is 14.7. The zero-order valence-corrected chi connectivity index (χ0v) is 24.9. The SMILES string of the molecule is CC(C)COc1cc(F)cc(-c2ccc(C(=O)NS(=N)(=O)c3cccc(N)n3)c(N3CCC[C@@H](c4ccccc4)C3)n2)c1. The zero-order chi connectivity index (χ0) is 30.6. The third-order valence-corrected chi connectivity index (χ3v) is 8.43. The van der Waals surface area contributed by atoms with Gasteiger partial charge in [-0.25, -0.2) is 23.3 Å². The van der Waals surface area contributed by atoms with Gasteiger partial charge in [0.25, 0.3) is 5.91 Å². The standard InChI is InChI=1S/C32H35FN6O3S/c1-21(2)20-42-26-17-24(16-25(33)18-26)28-14-13-27(32(40)38-43(35,41)30-12-6-11-29(34)37-30)31(36-28)39-15-7-10-23(19-39)22-8-4-3-5-9-22/h3-6,8-9,11-14,16-18,21,23H,7,10,15,19-20H2,1-2H3,(H2,34,37)(H2,35,38,40,41)/t23-,43?/m1/s1. The van der Waals surface area contributed by atoms with E-state index in [1.165, 1.54) is 35.9 Å². The summed E-state index contributed by atoms with van der Waals surface area (Å²) in [6.07, 6.45) is 1.84. The Hall–Kier alpha value is -4.51. The molecule has 2 aromatic heterocycles. The third kappa shape index (κ3) is 7.29. The summed E-state index contributed by atoms with van der Waals surface area (Å²) >= 11 is 0. The van der Waals surface area contributed by atoms with Crippen molar-refractivity contribution >= 4 is 27.5 Å². The van der Waals surface area contributed by atoms with Gasteiger partial charge in [0.05, 0.1) is 17.9 Å². The van der Waals surface area contributed by atoms with Crippen molar-refractivity contribution < 1.29 is 18.1 Å². The van der Waals surface area contributed by atoms with E-state index in [0.717, 1.165) is 12.8 Å². The average molecular weight is 603 g/mol. The first-order valence-corrected chi connectivity index (χ1v) is 15.7. The molecule has 0 aliphatic carbocycles. The minimum absolute atomic E-state index is 0.0885. The molecule has 1 fully saturated rings. The number of carbonyl (C=O) groups is 1. The molecule has 43 heavy (non-hydrogen) atoms. The van der Waals surface area contributed by atoms with Gasteiger partial charge in [0.2, 0.25) is 0 Å². The van der Waals surface area contributed by atoms with E-state index in [1.807, 2.05) is 36.9 Å². The summed E-state index contributed by atoms with van der Waals surface area (Å²) in [5.41, 5.74) is 8.00. The summed E-state index contributed by atoms with van der Waals surface area (Å²) < 4.78 is 44.4. The molecule has 11 heteroatoms. The first kappa shape index (κ1) is 30.0. The van der Waals surface area contributed by atoms with Crippen molar-refractivity contribution in [2.45, 2.75) is 37.6 Å². The summed E-state index contributed by atoms with van der Waals surface area (Å²) in [4.78, 5) is 24.5. The molecule has 0 radical (unpaired) electrons. The van der Waals surface area contributed by atoms with Crippen LogP contribution in [0.15, 0.2) is 83.9 Å². The van der Waals surface area contributed by atoms with Crippen LogP contribution in [-0.2, 0) is 9.92 Å². The van der Waals surface area contributed by atoms with Gasteiger partial charge in [0.15, 0.2) is 14.9 Å². The first-order chi connectivity index (χ1) is 20.6. The summed E-state index contributed by atoms with van der Waals surface area (Å²) in [6.45, 7) is 5.69. The van der Waals surface area contributed by atoms with E-state index >= 15 is 0 Å². The summed E-state index contributed by atoms with van der Waals surface area (Å²) in [5.74, 6) is 0.108. The lowest BCUT2D eigenvalue weighted by Crippen LogP contribution is -2.38. The second-order valence-electron chi connectivity index (χ2n) is 11.0. The summed E-state index contributed by atoms with van der Waals surface area (Å²) in [6, 6.07) is 22.2. The van der Waals surface area contributed by atoms with Crippen molar-refractivity contribution in [2.75, 3.05) is 30.3 Å². The van der Waals surface area contributed by atoms with E-state index in [9.17, 15) is 13.4 Å². The van der Waals surface area contributed by atoms with E-state index in [-0.39, 0.29) is 28.2 Å². The molecule has 2 aromatic carbocycles. The van der Waals surface area contributed by atoms with Crippen LogP contribution in [0.25, 0.3) is 11.3 Å². The third-order valence-electron chi connectivity index (χ3n) is 7.14. The number of nitrogens with zero attached hydrogens (tertiary/aromatic N) is 3. The highest BCUT2D eigenvalue weighted by atomic mass is 32.2. The predicted octanol–water partition coefficient (Wildman–Crippen LogP) is 6.03. The number of hydrogen-bond acceptors (Lipinski definition) is 8. The number of benzene rings is 2. The van der Waals surface area contributed by atoms with Gasteiger partial charge in [-0.3, -0.25) is 9.52 Å².